The minimum Gasteiger partial charge on any atom is -0.274 e. The quantitative estimate of drug-likeness (QED) is 0.262. The number of amides is 2. The van der Waals surface area contributed by atoms with E-state index in [1.165, 1.54) is 24.3 Å². The van der Waals surface area contributed by atoms with Crippen molar-refractivity contribution in [2.45, 2.75) is 10.8 Å². The maximum atomic E-state index is 13.7. The largest absolute Gasteiger partial charge is 0.274 e. The first-order chi connectivity index (χ1) is 14.9. The highest BCUT2D eigenvalue weighted by Crippen LogP contribution is 2.65. The smallest absolute Gasteiger partial charge is 0.269 e. The Labute approximate surface area is 182 Å². The van der Waals surface area contributed by atoms with Crippen LogP contribution in [0.3, 0.4) is 0 Å². The highest BCUT2D eigenvalue weighted by Gasteiger charge is 2.67. The third kappa shape index (κ3) is 2.12. The molecule has 3 aliphatic carbocycles. The molecule has 0 unspecified atom stereocenters. The lowest BCUT2D eigenvalue weighted by molar-refractivity contribution is -0.384. The van der Waals surface area contributed by atoms with Crippen molar-refractivity contribution in [3.05, 3.63) is 105 Å². The fourth-order valence-corrected chi connectivity index (χ4v) is 6.23. The molecule has 0 N–H and O–H groups in total. The number of anilines is 1. The number of rotatable bonds is 2. The number of alkyl halides is 1. The number of hydrogen-bond acceptors (Lipinski definition) is 4. The van der Waals surface area contributed by atoms with Crippen molar-refractivity contribution in [2.75, 3.05) is 4.90 Å². The van der Waals surface area contributed by atoms with E-state index in [0.29, 0.717) is 5.69 Å². The second-order valence-electron chi connectivity index (χ2n) is 8.15. The molecule has 0 aromatic heterocycles. The molecule has 7 heteroatoms. The van der Waals surface area contributed by atoms with Crippen LogP contribution in [0, 0.1) is 22.0 Å². The van der Waals surface area contributed by atoms with Gasteiger partial charge in [0.15, 0.2) is 0 Å². The van der Waals surface area contributed by atoms with Crippen LogP contribution in [0.15, 0.2) is 72.8 Å². The molecule has 0 radical (unpaired) electrons. The molecule has 2 amide bonds. The van der Waals surface area contributed by atoms with Crippen molar-refractivity contribution in [3.8, 4) is 0 Å². The zero-order valence-corrected chi connectivity index (χ0v) is 16.8. The van der Waals surface area contributed by atoms with Crippen molar-refractivity contribution in [2.24, 2.45) is 11.8 Å². The molecule has 1 saturated heterocycles. The fourth-order valence-electron chi connectivity index (χ4n) is 5.66. The summed E-state index contributed by atoms with van der Waals surface area (Å²) in [7, 11) is 0. The molecule has 6 nitrogen and oxygen atoms in total. The highest BCUT2D eigenvalue weighted by atomic mass is 35.5. The SMILES string of the molecule is O=C1[C@@H]2C3c4ccccc4C(Cl)(c4ccccc43)[C@H]2C(=O)N1c1ccc([N+](=O)[O-])cc1. The van der Waals surface area contributed by atoms with Crippen LogP contribution in [0.25, 0.3) is 0 Å². The maximum absolute atomic E-state index is 13.7. The summed E-state index contributed by atoms with van der Waals surface area (Å²) >= 11 is 7.35. The molecule has 2 bridgehead atoms. The predicted molar refractivity (Wildman–Crippen MR) is 114 cm³/mol. The van der Waals surface area contributed by atoms with Crippen LogP contribution in [0.4, 0.5) is 11.4 Å². The fraction of sp³-hybridized carbons (Fsp3) is 0.167. The van der Waals surface area contributed by atoms with E-state index in [1.807, 2.05) is 48.5 Å². The Morgan fingerprint density at radius 2 is 1.39 bits per heavy atom. The van der Waals surface area contributed by atoms with Gasteiger partial charge in [0, 0.05) is 18.1 Å². The molecule has 4 aliphatic rings. The van der Waals surface area contributed by atoms with E-state index in [2.05, 4.69) is 0 Å². The van der Waals surface area contributed by atoms with Crippen molar-refractivity contribution >= 4 is 34.8 Å². The van der Waals surface area contributed by atoms with E-state index in [0.717, 1.165) is 27.2 Å². The van der Waals surface area contributed by atoms with E-state index in [1.54, 1.807) is 0 Å². The molecule has 31 heavy (non-hydrogen) atoms. The Balaban J connectivity index is 1.55. The molecular formula is C24H15ClN2O4. The van der Waals surface area contributed by atoms with E-state index in [4.69, 9.17) is 11.6 Å². The van der Waals surface area contributed by atoms with Crippen LogP contribution in [-0.2, 0) is 14.5 Å². The van der Waals surface area contributed by atoms with Gasteiger partial charge in [-0.25, -0.2) is 4.90 Å². The molecule has 0 saturated carbocycles. The first kappa shape index (κ1) is 18.3. The summed E-state index contributed by atoms with van der Waals surface area (Å²) in [4.78, 5) is 37.8. The maximum Gasteiger partial charge on any atom is 0.269 e. The van der Waals surface area contributed by atoms with Gasteiger partial charge in [0.25, 0.3) is 5.69 Å². The lowest BCUT2D eigenvalue weighted by Gasteiger charge is -2.50. The lowest BCUT2D eigenvalue weighted by Crippen LogP contribution is -2.50. The zero-order valence-electron chi connectivity index (χ0n) is 16.1. The third-order valence-electron chi connectivity index (χ3n) is 6.83. The second kappa shape index (κ2) is 6.02. The average Bonchev–Trinajstić information content (AvgIpc) is 3.06. The van der Waals surface area contributed by atoms with Gasteiger partial charge in [0.2, 0.25) is 11.8 Å². The first-order valence-electron chi connectivity index (χ1n) is 9.94. The van der Waals surface area contributed by atoms with Crippen LogP contribution in [0.2, 0.25) is 0 Å². The van der Waals surface area contributed by atoms with Gasteiger partial charge in [-0.3, -0.25) is 19.7 Å². The normalized spacial score (nSPS) is 27.6. The van der Waals surface area contributed by atoms with Gasteiger partial charge in [-0.2, -0.15) is 0 Å². The molecular weight excluding hydrogens is 416 g/mol. The highest BCUT2D eigenvalue weighted by molar-refractivity contribution is 6.33. The summed E-state index contributed by atoms with van der Waals surface area (Å²) in [5.41, 5.74) is 3.91. The number of nitro benzene ring substituents is 1. The number of non-ortho nitro benzene ring substituents is 1. The van der Waals surface area contributed by atoms with Gasteiger partial charge >= 0.3 is 0 Å². The number of nitrogens with zero attached hydrogens (tertiary/aromatic N) is 2. The number of nitro groups is 1. The Hall–Kier alpha value is -3.51. The van der Waals surface area contributed by atoms with Gasteiger partial charge in [-0.05, 0) is 34.4 Å². The summed E-state index contributed by atoms with van der Waals surface area (Å²) in [5, 5.41) is 11.0. The van der Waals surface area contributed by atoms with E-state index in [9.17, 15) is 19.7 Å². The summed E-state index contributed by atoms with van der Waals surface area (Å²) in [6, 6.07) is 21.0. The second-order valence-corrected chi connectivity index (χ2v) is 8.75. The van der Waals surface area contributed by atoms with E-state index < -0.39 is 21.6 Å². The zero-order chi connectivity index (χ0) is 21.5. The topological polar surface area (TPSA) is 80.5 Å². The number of hydrogen-bond donors (Lipinski definition) is 0. The summed E-state index contributed by atoms with van der Waals surface area (Å²) in [6.07, 6.45) is 0. The van der Waals surface area contributed by atoms with Crippen molar-refractivity contribution in [1.82, 2.24) is 0 Å². The lowest BCUT2D eigenvalue weighted by atomic mass is 9.54. The van der Waals surface area contributed by atoms with Crippen molar-refractivity contribution in [1.29, 1.82) is 0 Å². The Kier molecular flexibility index (Phi) is 3.55. The van der Waals surface area contributed by atoms with Gasteiger partial charge in [0.05, 0.1) is 22.4 Å². The molecule has 3 aromatic rings. The van der Waals surface area contributed by atoms with Crippen LogP contribution >= 0.6 is 11.6 Å². The van der Waals surface area contributed by atoms with E-state index >= 15 is 0 Å². The van der Waals surface area contributed by atoms with E-state index in [-0.39, 0.29) is 23.4 Å². The molecule has 1 fully saturated rings. The number of halogens is 1. The minimum absolute atomic E-state index is 0.103. The molecule has 7 rings (SSSR count). The number of imide groups is 1. The van der Waals surface area contributed by atoms with Crippen molar-refractivity contribution in [3.63, 3.8) is 0 Å². The summed E-state index contributed by atoms with van der Waals surface area (Å²) in [6.45, 7) is 0. The molecule has 2 atom stereocenters. The van der Waals surface area contributed by atoms with Gasteiger partial charge in [0.1, 0.15) is 4.87 Å². The van der Waals surface area contributed by atoms with Crippen LogP contribution < -0.4 is 4.90 Å². The minimum atomic E-state index is -1.14. The van der Waals surface area contributed by atoms with Gasteiger partial charge in [-0.15, -0.1) is 11.6 Å². The van der Waals surface area contributed by atoms with Gasteiger partial charge < -0.3 is 0 Å². The number of benzene rings is 3. The standard InChI is InChI=1S/C24H15ClN2O4/c25-24-17-7-3-1-5-15(17)19(16-6-2-4-8-18(16)24)20-21(24)23(29)26(22(20)28)13-9-11-14(12-10-13)27(30)31/h1-12,19-21H/t19?,20-,21-,24?/m1/s1. The Morgan fingerprint density at radius 3 is 1.94 bits per heavy atom. The van der Waals surface area contributed by atoms with Crippen LogP contribution in [0.5, 0.6) is 0 Å². The molecule has 1 heterocycles. The first-order valence-corrected chi connectivity index (χ1v) is 10.3. The molecule has 3 aromatic carbocycles. The number of carbonyl (C=O) groups excluding carboxylic acids is 2. The van der Waals surface area contributed by atoms with Crippen LogP contribution in [-0.4, -0.2) is 16.7 Å². The summed E-state index contributed by atoms with van der Waals surface area (Å²) < 4.78 is 0. The third-order valence-corrected chi connectivity index (χ3v) is 7.48. The monoisotopic (exact) mass is 430 g/mol. The molecule has 0 spiro atoms. The average molecular weight is 431 g/mol. The number of carbonyl (C=O) groups is 2. The Morgan fingerprint density at radius 1 is 0.839 bits per heavy atom. The molecule has 152 valence electrons. The predicted octanol–water partition coefficient (Wildman–Crippen LogP) is 4.34. The molecule has 1 aliphatic heterocycles. The van der Waals surface area contributed by atoms with Crippen molar-refractivity contribution < 1.29 is 14.5 Å². The van der Waals surface area contributed by atoms with Gasteiger partial charge in [-0.1, -0.05) is 48.5 Å². The summed E-state index contributed by atoms with van der Waals surface area (Å²) in [5.74, 6) is -2.31. The Bertz CT molecular complexity index is 1260. The van der Waals surface area contributed by atoms with Crippen LogP contribution in [0.1, 0.15) is 28.2 Å².